The van der Waals surface area contributed by atoms with Crippen LogP contribution in [0.4, 0.5) is 0 Å². The number of benzene rings is 3. The Labute approximate surface area is 212 Å². The van der Waals surface area contributed by atoms with E-state index in [1.54, 1.807) is 25.1 Å². The summed E-state index contributed by atoms with van der Waals surface area (Å²) in [7, 11) is 0. The lowest BCUT2D eigenvalue weighted by Gasteiger charge is -2.30. The molecule has 0 aromatic heterocycles. The molecule has 3 aromatic carbocycles. The van der Waals surface area contributed by atoms with Crippen LogP contribution in [0.3, 0.4) is 0 Å². The van der Waals surface area contributed by atoms with Crippen molar-refractivity contribution >= 4 is 61.7 Å². The zero-order valence-electron chi connectivity index (χ0n) is 18.6. The van der Waals surface area contributed by atoms with Gasteiger partial charge in [0.05, 0.1) is 4.47 Å². The van der Waals surface area contributed by atoms with Crippen LogP contribution in [0.25, 0.3) is 10.8 Å². The van der Waals surface area contributed by atoms with Crippen LogP contribution in [-0.4, -0.2) is 35.4 Å². The Bertz CT molecular complexity index is 1150. The molecule has 174 valence electrons. The third-order valence-electron chi connectivity index (χ3n) is 5.17. The minimum Gasteiger partial charge on any atom is -0.483 e. The maximum absolute atomic E-state index is 13.3. The zero-order valence-corrected chi connectivity index (χ0v) is 21.7. The number of nitrogens with zero attached hydrogens (tertiary/aromatic N) is 1. The minimum absolute atomic E-state index is 0.0643. The van der Waals surface area contributed by atoms with Crippen LogP contribution in [0.2, 0.25) is 10.0 Å². The highest BCUT2D eigenvalue weighted by molar-refractivity contribution is 9.10. The van der Waals surface area contributed by atoms with E-state index in [0.29, 0.717) is 21.4 Å². The quantitative estimate of drug-likeness (QED) is 0.361. The van der Waals surface area contributed by atoms with Crippen molar-refractivity contribution in [2.24, 2.45) is 0 Å². The zero-order chi connectivity index (χ0) is 24.1. The van der Waals surface area contributed by atoms with Gasteiger partial charge < -0.3 is 15.0 Å². The first-order valence-corrected chi connectivity index (χ1v) is 12.1. The molecule has 0 spiro atoms. The molecule has 0 fully saturated rings. The molecule has 0 heterocycles. The van der Waals surface area contributed by atoms with Crippen molar-refractivity contribution in [3.8, 4) is 5.75 Å². The van der Waals surface area contributed by atoms with Gasteiger partial charge in [-0.25, -0.2) is 0 Å². The standard InChI is InChI=1S/C25H25BrCl2N2O3/c1-15(2)29-25(32)16(3)30(13-19-20(27)9-6-10-21(19)28)23(31)14-33-22-12-11-17-7-4-5-8-18(17)24(22)26/h4-12,15-16H,13-14H2,1-3H3,(H,29,32). The third-order valence-corrected chi connectivity index (χ3v) is 6.69. The van der Waals surface area contributed by atoms with Gasteiger partial charge >= 0.3 is 0 Å². The topological polar surface area (TPSA) is 58.6 Å². The summed E-state index contributed by atoms with van der Waals surface area (Å²) in [6, 6.07) is 15.9. The first-order valence-electron chi connectivity index (χ1n) is 10.5. The molecule has 0 bridgehead atoms. The van der Waals surface area contributed by atoms with E-state index in [2.05, 4.69) is 21.2 Å². The summed E-state index contributed by atoms with van der Waals surface area (Å²) in [5.41, 5.74) is 0.574. The number of ether oxygens (including phenoxy) is 1. The predicted octanol–water partition coefficient (Wildman–Crippen LogP) is 6.23. The fourth-order valence-electron chi connectivity index (χ4n) is 3.39. The second-order valence-corrected chi connectivity index (χ2v) is 9.56. The average Bonchev–Trinajstić information content (AvgIpc) is 2.77. The Morgan fingerprint density at radius 1 is 1.00 bits per heavy atom. The van der Waals surface area contributed by atoms with Crippen LogP contribution in [0.15, 0.2) is 59.1 Å². The van der Waals surface area contributed by atoms with Crippen molar-refractivity contribution < 1.29 is 14.3 Å². The number of fused-ring (bicyclic) bond motifs is 1. The number of nitrogens with one attached hydrogen (secondary N) is 1. The number of rotatable bonds is 8. The maximum atomic E-state index is 13.3. The van der Waals surface area contributed by atoms with Crippen molar-refractivity contribution in [1.82, 2.24) is 10.2 Å². The number of halogens is 3. The number of carbonyl (C=O) groups is 2. The smallest absolute Gasteiger partial charge is 0.261 e. The number of hydrogen-bond donors (Lipinski definition) is 1. The van der Waals surface area contributed by atoms with Gasteiger partial charge in [0.15, 0.2) is 6.61 Å². The van der Waals surface area contributed by atoms with Gasteiger partial charge in [-0.1, -0.05) is 59.6 Å². The summed E-state index contributed by atoms with van der Waals surface area (Å²) < 4.78 is 6.62. The minimum atomic E-state index is -0.754. The van der Waals surface area contributed by atoms with Crippen molar-refractivity contribution in [3.63, 3.8) is 0 Å². The lowest BCUT2D eigenvalue weighted by molar-refractivity contribution is -0.142. The fourth-order valence-corrected chi connectivity index (χ4v) is 4.51. The maximum Gasteiger partial charge on any atom is 0.261 e. The predicted molar refractivity (Wildman–Crippen MR) is 137 cm³/mol. The van der Waals surface area contributed by atoms with E-state index in [1.807, 2.05) is 50.2 Å². The van der Waals surface area contributed by atoms with Gasteiger partial charge in [0, 0.05) is 28.2 Å². The van der Waals surface area contributed by atoms with Gasteiger partial charge in [-0.15, -0.1) is 0 Å². The summed E-state index contributed by atoms with van der Waals surface area (Å²) in [5, 5.41) is 5.73. The van der Waals surface area contributed by atoms with E-state index in [9.17, 15) is 9.59 Å². The normalized spacial score (nSPS) is 12.0. The summed E-state index contributed by atoms with van der Waals surface area (Å²) in [5.74, 6) is -0.0945. The molecule has 0 saturated heterocycles. The Morgan fingerprint density at radius 3 is 2.33 bits per heavy atom. The molecule has 1 atom stereocenters. The van der Waals surface area contributed by atoms with E-state index >= 15 is 0 Å². The Balaban J connectivity index is 1.84. The van der Waals surface area contributed by atoms with Gasteiger partial charge in [0.25, 0.3) is 5.91 Å². The Hall–Kier alpha value is -2.28. The van der Waals surface area contributed by atoms with Crippen molar-refractivity contribution in [2.75, 3.05) is 6.61 Å². The molecule has 3 aromatic rings. The highest BCUT2D eigenvalue weighted by Gasteiger charge is 2.28. The number of amides is 2. The number of carbonyl (C=O) groups excluding carboxylic acids is 2. The molecule has 2 amide bonds. The van der Waals surface area contributed by atoms with E-state index in [-0.39, 0.29) is 31.0 Å². The SMILES string of the molecule is CC(C)NC(=O)C(C)N(Cc1c(Cl)cccc1Cl)C(=O)COc1ccc2ccccc2c1Br. The monoisotopic (exact) mass is 550 g/mol. The second kappa shape index (κ2) is 11.2. The average molecular weight is 552 g/mol. The fraction of sp³-hybridized carbons (Fsp3) is 0.280. The lowest BCUT2D eigenvalue weighted by Crippen LogP contribution is -2.50. The van der Waals surface area contributed by atoms with Crippen LogP contribution in [0, 0.1) is 0 Å². The molecular weight excluding hydrogens is 527 g/mol. The molecule has 0 aliphatic carbocycles. The Kier molecular flexibility index (Phi) is 8.63. The number of hydrogen-bond acceptors (Lipinski definition) is 3. The van der Waals surface area contributed by atoms with Crippen molar-refractivity contribution in [3.05, 3.63) is 74.7 Å². The van der Waals surface area contributed by atoms with Crippen molar-refractivity contribution in [2.45, 2.75) is 39.4 Å². The largest absolute Gasteiger partial charge is 0.483 e. The molecule has 33 heavy (non-hydrogen) atoms. The van der Waals surface area contributed by atoms with E-state index in [1.165, 1.54) is 4.90 Å². The van der Waals surface area contributed by atoms with Gasteiger partial charge in [0.1, 0.15) is 11.8 Å². The molecule has 3 rings (SSSR count). The molecule has 0 aliphatic rings. The summed E-state index contributed by atoms with van der Waals surface area (Å²) in [6.45, 7) is 5.22. The van der Waals surface area contributed by atoms with E-state index in [0.717, 1.165) is 15.2 Å². The third kappa shape index (κ3) is 6.19. The van der Waals surface area contributed by atoms with Crippen LogP contribution in [0.5, 0.6) is 5.75 Å². The van der Waals surface area contributed by atoms with Gasteiger partial charge in [-0.05, 0) is 65.7 Å². The molecule has 8 heteroatoms. The van der Waals surface area contributed by atoms with Gasteiger partial charge in [-0.2, -0.15) is 0 Å². The summed E-state index contributed by atoms with van der Waals surface area (Å²) in [4.78, 5) is 27.4. The highest BCUT2D eigenvalue weighted by Crippen LogP contribution is 2.33. The Morgan fingerprint density at radius 2 is 1.67 bits per heavy atom. The van der Waals surface area contributed by atoms with Gasteiger partial charge in [0.2, 0.25) is 5.91 Å². The second-order valence-electron chi connectivity index (χ2n) is 7.95. The van der Waals surface area contributed by atoms with Crippen molar-refractivity contribution in [1.29, 1.82) is 0 Å². The highest BCUT2D eigenvalue weighted by atomic mass is 79.9. The first-order chi connectivity index (χ1) is 15.7. The molecule has 1 unspecified atom stereocenters. The molecular formula is C25H25BrCl2N2O3. The summed E-state index contributed by atoms with van der Waals surface area (Å²) >= 11 is 16.2. The van der Waals surface area contributed by atoms with Crippen LogP contribution >= 0.6 is 39.1 Å². The molecule has 5 nitrogen and oxygen atoms in total. The van der Waals surface area contributed by atoms with Crippen LogP contribution < -0.4 is 10.1 Å². The first kappa shape index (κ1) is 25.3. The van der Waals surface area contributed by atoms with E-state index < -0.39 is 6.04 Å². The summed E-state index contributed by atoms with van der Waals surface area (Å²) in [6.07, 6.45) is 0. The van der Waals surface area contributed by atoms with Gasteiger partial charge in [-0.3, -0.25) is 9.59 Å². The van der Waals surface area contributed by atoms with Crippen LogP contribution in [0.1, 0.15) is 26.3 Å². The van der Waals surface area contributed by atoms with Crippen LogP contribution in [-0.2, 0) is 16.1 Å². The molecule has 0 aliphatic heterocycles. The van der Waals surface area contributed by atoms with E-state index in [4.69, 9.17) is 27.9 Å². The molecule has 0 radical (unpaired) electrons. The molecule has 0 saturated carbocycles. The molecule has 1 N–H and O–H groups in total. The lowest BCUT2D eigenvalue weighted by atomic mass is 10.1.